The summed E-state index contributed by atoms with van der Waals surface area (Å²) in [7, 11) is 1.32. The lowest BCUT2D eigenvalue weighted by Gasteiger charge is -2.10. The second-order valence-electron chi connectivity index (χ2n) is 4.43. The fourth-order valence-electron chi connectivity index (χ4n) is 1.86. The molecule has 2 rings (SSSR count). The number of halogens is 2. The van der Waals surface area contributed by atoms with Crippen LogP contribution in [0, 0.1) is 10.1 Å². The maximum Gasteiger partial charge on any atom is 0.387 e. The molecule has 2 aromatic rings. The second kappa shape index (κ2) is 7.86. The van der Waals surface area contributed by atoms with Crippen molar-refractivity contribution in [2.24, 2.45) is 5.10 Å². The van der Waals surface area contributed by atoms with E-state index >= 15 is 0 Å². The van der Waals surface area contributed by atoms with E-state index in [1.54, 1.807) is 12.1 Å². The van der Waals surface area contributed by atoms with Crippen LogP contribution in [-0.2, 0) is 0 Å². The van der Waals surface area contributed by atoms with E-state index in [4.69, 9.17) is 4.74 Å². The van der Waals surface area contributed by atoms with Crippen LogP contribution < -0.4 is 14.9 Å². The molecule has 0 saturated heterocycles. The van der Waals surface area contributed by atoms with Gasteiger partial charge in [0.25, 0.3) is 5.69 Å². The van der Waals surface area contributed by atoms with Gasteiger partial charge in [-0.05, 0) is 29.8 Å². The van der Waals surface area contributed by atoms with Crippen molar-refractivity contribution < 1.29 is 23.2 Å². The molecule has 7 nitrogen and oxygen atoms in total. The lowest BCUT2D eigenvalue weighted by Crippen LogP contribution is -2.03. The Hall–Kier alpha value is -3.23. The molecule has 0 aliphatic rings. The minimum Gasteiger partial charge on any atom is -0.493 e. The fraction of sp³-hybridized carbons (Fsp3) is 0.133. The van der Waals surface area contributed by atoms with Gasteiger partial charge in [-0.1, -0.05) is 12.1 Å². The van der Waals surface area contributed by atoms with Crippen LogP contribution in [0.2, 0.25) is 0 Å². The van der Waals surface area contributed by atoms with Crippen molar-refractivity contribution in [2.45, 2.75) is 6.61 Å². The quantitative estimate of drug-likeness (QED) is 0.473. The number of benzene rings is 2. The van der Waals surface area contributed by atoms with Crippen molar-refractivity contribution in [1.82, 2.24) is 0 Å². The standard InChI is InChI=1S/C15H13F2N3O4/c1-23-14-8-10(6-7-13(14)24-15(16)17)9-18-19-11-4-2-3-5-12(11)20(21)22/h2-9,15,19H,1H3/b18-9+. The van der Waals surface area contributed by atoms with E-state index in [0.717, 1.165) is 0 Å². The first-order valence-corrected chi connectivity index (χ1v) is 6.66. The Bertz CT molecular complexity index is 753. The predicted molar refractivity (Wildman–Crippen MR) is 83.9 cm³/mol. The molecule has 0 aromatic heterocycles. The number of para-hydroxylation sites is 2. The molecule has 0 aliphatic heterocycles. The number of rotatable bonds is 7. The maximum atomic E-state index is 12.3. The molecule has 1 N–H and O–H groups in total. The molecule has 0 spiro atoms. The Morgan fingerprint density at radius 1 is 1.25 bits per heavy atom. The number of hydrazone groups is 1. The maximum absolute atomic E-state index is 12.3. The molecule has 0 fully saturated rings. The summed E-state index contributed by atoms with van der Waals surface area (Å²) in [5.74, 6) is 0.0150. The number of nitrogens with zero attached hydrogens (tertiary/aromatic N) is 2. The molecular weight excluding hydrogens is 324 g/mol. The van der Waals surface area contributed by atoms with Crippen molar-refractivity contribution in [1.29, 1.82) is 0 Å². The number of alkyl halides is 2. The van der Waals surface area contributed by atoms with Gasteiger partial charge in [0.15, 0.2) is 11.5 Å². The molecule has 0 unspecified atom stereocenters. The summed E-state index contributed by atoms with van der Waals surface area (Å²) in [5, 5.41) is 14.8. The van der Waals surface area contributed by atoms with Crippen LogP contribution in [0.4, 0.5) is 20.2 Å². The van der Waals surface area contributed by atoms with Crippen molar-refractivity contribution >= 4 is 17.6 Å². The molecule has 0 saturated carbocycles. The molecule has 126 valence electrons. The molecule has 9 heteroatoms. The normalized spacial score (nSPS) is 10.8. The smallest absolute Gasteiger partial charge is 0.387 e. The van der Waals surface area contributed by atoms with Gasteiger partial charge in [0.2, 0.25) is 0 Å². The van der Waals surface area contributed by atoms with Crippen LogP contribution in [0.5, 0.6) is 11.5 Å². The van der Waals surface area contributed by atoms with Crippen LogP contribution in [-0.4, -0.2) is 24.9 Å². The molecule has 24 heavy (non-hydrogen) atoms. The largest absolute Gasteiger partial charge is 0.493 e. The first-order valence-electron chi connectivity index (χ1n) is 6.66. The number of hydrogen-bond donors (Lipinski definition) is 1. The topological polar surface area (TPSA) is 86.0 Å². The number of methoxy groups -OCH3 is 1. The molecule has 0 aliphatic carbocycles. The number of ether oxygens (including phenoxy) is 2. The van der Waals surface area contributed by atoms with Crippen molar-refractivity contribution in [3.05, 3.63) is 58.1 Å². The highest BCUT2D eigenvalue weighted by atomic mass is 19.3. The summed E-state index contributed by atoms with van der Waals surface area (Å²) in [6.07, 6.45) is 1.37. The van der Waals surface area contributed by atoms with Gasteiger partial charge in [0, 0.05) is 6.07 Å². The molecule has 0 amide bonds. The number of nitro benzene ring substituents is 1. The zero-order valence-corrected chi connectivity index (χ0v) is 12.5. The van der Waals surface area contributed by atoms with E-state index in [9.17, 15) is 18.9 Å². The third-order valence-corrected chi connectivity index (χ3v) is 2.90. The zero-order chi connectivity index (χ0) is 17.5. The summed E-state index contributed by atoms with van der Waals surface area (Å²) in [6.45, 7) is -2.96. The van der Waals surface area contributed by atoms with Gasteiger partial charge in [-0.25, -0.2) is 0 Å². The van der Waals surface area contributed by atoms with Gasteiger partial charge < -0.3 is 9.47 Å². The number of nitro groups is 1. The van der Waals surface area contributed by atoms with Crippen molar-refractivity contribution in [2.75, 3.05) is 12.5 Å². The molecule has 0 radical (unpaired) electrons. The van der Waals surface area contributed by atoms with E-state index < -0.39 is 11.5 Å². The third-order valence-electron chi connectivity index (χ3n) is 2.90. The highest BCUT2D eigenvalue weighted by Crippen LogP contribution is 2.29. The van der Waals surface area contributed by atoms with Gasteiger partial charge in [-0.3, -0.25) is 15.5 Å². The van der Waals surface area contributed by atoms with E-state index in [1.165, 1.54) is 43.7 Å². The Kier molecular flexibility index (Phi) is 5.61. The molecule has 0 heterocycles. The first-order chi connectivity index (χ1) is 11.5. The molecule has 0 bridgehead atoms. The van der Waals surface area contributed by atoms with E-state index in [1.807, 2.05) is 0 Å². The summed E-state index contributed by atoms with van der Waals surface area (Å²) in [5.41, 5.74) is 3.20. The zero-order valence-electron chi connectivity index (χ0n) is 12.5. The van der Waals surface area contributed by atoms with Crippen LogP contribution >= 0.6 is 0 Å². The highest BCUT2D eigenvalue weighted by Gasteiger charge is 2.12. The summed E-state index contributed by atoms with van der Waals surface area (Å²) < 4.78 is 33.8. The number of nitrogens with one attached hydrogen (secondary N) is 1. The van der Waals surface area contributed by atoms with E-state index in [2.05, 4.69) is 15.3 Å². The van der Waals surface area contributed by atoms with Crippen LogP contribution in [0.25, 0.3) is 0 Å². The Morgan fingerprint density at radius 3 is 2.67 bits per heavy atom. The average molecular weight is 337 g/mol. The lowest BCUT2D eigenvalue weighted by molar-refractivity contribution is -0.384. The summed E-state index contributed by atoms with van der Waals surface area (Å²) in [6, 6.07) is 10.3. The van der Waals surface area contributed by atoms with Gasteiger partial charge in [0.05, 0.1) is 18.2 Å². The molecular formula is C15H13F2N3O4. The fourth-order valence-corrected chi connectivity index (χ4v) is 1.86. The minimum absolute atomic E-state index is 0.101. The summed E-state index contributed by atoms with van der Waals surface area (Å²) in [4.78, 5) is 10.4. The monoisotopic (exact) mass is 337 g/mol. The van der Waals surface area contributed by atoms with Crippen LogP contribution in [0.3, 0.4) is 0 Å². The third kappa shape index (κ3) is 4.38. The Morgan fingerprint density at radius 2 is 2.00 bits per heavy atom. The van der Waals surface area contributed by atoms with Crippen molar-refractivity contribution in [3.8, 4) is 11.5 Å². The van der Waals surface area contributed by atoms with Gasteiger partial charge >= 0.3 is 6.61 Å². The summed E-state index contributed by atoms with van der Waals surface area (Å²) >= 11 is 0. The average Bonchev–Trinajstić information content (AvgIpc) is 2.56. The van der Waals surface area contributed by atoms with Crippen LogP contribution in [0.15, 0.2) is 47.6 Å². The Labute approximate surface area is 135 Å². The molecule has 0 atom stereocenters. The second-order valence-corrected chi connectivity index (χ2v) is 4.43. The van der Waals surface area contributed by atoms with Crippen molar-refractivity contribution in [3.63, 3.8) is 0 Å². The molecule has 2 aromatic carbocycles. The first kappa shape index (κ1) is 17.1. The van der Waals surface area contributed by atoms with E-state index in [0.29, 0.717) is 5.56 Å². The number of anilines is 1. The van der Waals surface area contributed by atoms with Gasteiger partial charge in [-0.15, -0.1) is 0 Å². The minimum atomic E-state index is -2.96. The van der Waals surface area contributed by atoms with Gasteiger partial charge in [-0.2, -0.15) is 13.9 Å². The van der Waals surface area contributed by atoms with Gasteiger partial charge in [0.1, 0.15) is 5.69 Å². The van der Waals surface area contributed by atoms with Crippen LogP contribution in [0.1, 0.15) is 5.56 Å². The SMILES string of the molecule is COc1cc(/C=N/Nc2ccccc2[N+](=O)[O-])ccc1OC(F)F. The lowest BCUT2D eigenvalue weighted by atomic mass is 10.2. The Balaban J connectivity index is 2.14. The van der Waals surface area contributed by atoms with E-state index in [-0.39, 0.29) is 22.9 Å². The highest BCUT2D eigenvalue weighted by molar-refractivity contribution is 5.81. The number of hydrogen-bond acceptors (Lipinski definition) is 6. The predicted octanol–water partition coefficient (Wildman–Crippen LogP) is 3.65.